The van der Waals surface area contributed by atoms with Gasteiger partial charge in [-0.15, -0.1) is 5.10 Å². The molecule has 0 saturated heterocycles. The van der Waals surface area contributed by atoms with E-state index < -0.39 is 5.91 Å². The Bertz CT molecular complexity index is 1290. The smallest absolute Gasteiger partial charge is 0.272 e. The van der Waals surface area contributed by atoms with Crippen LogP contribution < -0.4 is 5.43 Å². The van der Waals surface area contributed by atoms with Gasteiger partial charge in [-0.2, -0.15) is 15.2 Å². The molecule has 0 unspecified atom stereocenters. The molecule has 0 aliphatic carbocycles. The number of amides is 1. The predicted octanol–water partition coefficient (Wildman–Crippen LogP) is 2.87. The number of benzene rings is 1. The van der Waals surface area contributed by atoms with E-state index in [0.29, 0.717) is 10.8 Å². The van der Waals surface area contributed by atoms with Crippen molar-refractivity contribution in [3.8, 4) is 11.3 Å². The molecule has 0 atom stereocenters. The highest BCUT2D eigenvalue weighted by molar-refractivity contribution is 6.30. The van der Waals surface area contributed by atoms with E-state index >= 15 is 0 Å². The lowest BCUT2D eigenvalue weighted by molar-refractivity contribution is 0.0945. The van der Waals surface area contributed by atoms with Crippen LogP contribution in [0.3, 0.4) is 0 Å². The molecule has 0 fully saturated rings. The number of hydrogen-bond donors (Lipinski definition) is 1. The van der Waals surface area contributed by atoms with Gasteiger partial charge in [0.25, 0.3) is 5.78 Å². The van der Waals surface area contributed by atoms with Crippen molar-refractivity contribution in [2.75, 3.05) is 0 Å². The fraction of sp³-hybridized carbons (Fsp3) is 0.200. The quantitative estimate of drug-likeness (QED) is 0.402. The number of halogens is 1. The summed E-state index contributed by atoms with van der Waals surface area (Å²) in [5.41, 5.74) is 7.49. The topological polar surface area (TPSA) is 102 Å². The first-order valence-electron chi connectivity index (χ1n) is 9.17. The van der Waals surface area contributed by atoms with Gasteiger partial charge in [-0.25, -0.2) is 14.9 Å². The van der Waals surface area contributed by atoms with Crippen LogP contribution in [0, 0.1) is 20.8 Å². The van der Waals surface area contributed by atoms with Crippen molar-refractivity contribution in [2.45, 2.75) is 20.8 Å². The van der Waals surface area contributed by atoms with E-state index in [-0.39, 0.29) is 5.82 Å². The minimum atomic E-state index is -0.525. The van der Waals surface area contributed by atoms with Crippen LogP contribution in [0.1, 0.15) is 33.3 Å². The second kappa shape index (κ2) is 7.68. The van der Waals surface area contributed by atoms with Gasteiger partial charge >= 0.3 is 5.91 Å². The Kier molecular flexibility index (Phi) is 5.04. The van der Waals surface area contributed by atoms with Gasteiger partial charge < -0.3 is 0 Å². The van der Waals surface area contributed by atoms with Gasteiger partial charge in [-0.3, -0.25) is 9.48 Å². The van der Waals surface area contributed by atoms with Gasteiger partial charge in [0.2, 0.25) is 5.82 Å². The molecule has 0 aliphatic rings. The first-order chi connectivity index (χ1) is 14.3. The molecule has 4 rings (SSSR count). The third-order valence-corrected chi connectivity index (χ3v) is 5.01. The largest absolute Gasteiger partial charge is 0.311 e. The van der Waals surface area contributed by atoms with Crippen molar-refractivity contribution in [2.24, 2.45) is 12.1 Å². The highest BCUT2D eigenvalue weighted by atomic mass is 35.5. The van der Waals surface area contributed by atoms with Gasteiger partial charge in [0.15, 0.2) is 0 Å². The van der Waals surface area contributed by atoms with Gasteiger partial charge in [0, 0.05) is 34.6 Å². The molecule has 1 aromatic carbocycles. The van der Waals surface area contributed by atoms with E-state index in [1.54, 1.807) is 23.0 Å². The van der Waals surface area contributed by atoms with E-state index in [0.717, 1.165) is 33.9 Å². The van der Waals surface area contributed by atoms with Crippen LogP contribution in [0.4, 0.5) is 0 Å². The van der Waals surface area contributed by atoms with Gasteiger partial charge in [-0.1, -0.05) is 23.7 Å². The van der Waals surface area contributed by atoms with E-state index in [9.17, 15) is 4.79 Å². The van der Waals surface area contributed by atoms with Crippen LogP contribution in [-0.2, 0) is 7.05 Å². The van der Waals surface area contributed by atoms with Gasteiger partial charge in [-0.05, 0) is 39.0 Å². The van der Waals surface area contributed by atoms with Crippen LogP contribution in [0.5, 0.6) is 0 Å². The lowest BCUT2D eigenvalue weighted by Crippen LogP contribution is -2.19. The molecular weight excluding hydrogens is 404 g/mol. The molecule has 10 heteroatoms. The molecule has 0 saturated carbocycles. The number of hydrogen-bond acceptors (Lipinski definition) is 6. The molecule has 0 spiro atoms. The summed E-state index contributed by atoms with van der Waals surface area (Å²) in [5.74, 6) is -0.216. The van der Waals surface area contributed by atoms with Crippen molar-refractivity contribution in [1.82, 2.24) is 34.8 Å². The zero-order chi connectivity index (χ0) is 21.4. The molecule has 152 valence electrons. The van der Waals surface area contributed by atoms with Crippen LogP contribution in [-0.4, -0.2) is 41.5 Å². The first kappa shape index (κ1) is 19.7. The van der Waals surface area contributed by atoms with E-state index in [2.05, 4.69) is 30.7 Å². The summed E-state index contributed by atoms with van der Waals surface area (Å²) in [6.07, 6.45) is 1.56. The number of carbonyl (C=O) groups is 1. The standard InChI is InChI=1S/C20H19ClN8O/c1-11-9-17(14-5-7-15(21)8-6-14)23-20-24-18(27-29(11)20)19(30)25-22-10-16-12(2)26-28(4)13(16)3/h5-10H,1-4H3,(H,25,30)/b22-10-. The van der Waals surface area contributed by atoms with Crippen molar-refractivity contribution in [3.63, 3.8) is 0 Å². The maximum atomic E-state index is 12.5. The Hall–Kier alpha value is -3.59. The normalized spacial score (nSPS) is 11.5. The monoisotopic (exact) mass is 422 g/mol. The van der Waals surface area contributed by atoms with Crippen LogP contribution in [0.25, 0.3) is 17.0 Å². The van der Waals surface area contributed by atoms with Crippen molar-refractivity contribution < 1.29 is 4.79 Å². The number of fused-ring (bicyclic) bond motifs is 1. The number of rotatable bonds is 4. The van der Waals surface area contributed by atoms with E-state index in [1.165, 1.54) is 4.52 Å². The summed E-state index contributed by atoms with van der Waals surface area (Å²) in [4.78, 5) is 21.2. The molecule has 9 nitrogen and oxygen atoms in total. The Morgan fingerprint density at radius 3 is 2.53 bits per heavy atom. The van der Waals surface area contributed by atoms with Crippen molar-refractivity contribution >= 4 is 29.5 Å². The molecule has 0 aliphatic heterocycles. The molecular formula is C20H19ClN8O. The number of carbonyl (C=O) groups excluding carboxylic acids is 1. The zero-order valence-corrected chi connectivity index (χ0v) is 17.6. The predicted molar refractivity (Wildman–Crippen MR) is 114 cm³/mol. The van der Waals surface area contributed by atoms with Crippen LogP contribution >= 0.6 is 11.6 Å². The Labute approximate surface area is 177 Å². The SMILES string of the molecule is Cc1nn(C)c(C)c1/C=N\NC(=O)c1nc2nc(-c3ccc(Cl)cc3)cc(C)n2n1. The summed E-state index contributed by atoms with van der Waals surface area (Å²) in [5, 5.41) is 13.2. The maximum Gasteiger partial charge on any atom is 0.311 e. The van der Waals surface area contributed by atoms with E-state index in [1.807, 2.05) is 46.0 Å². The molecule has 0 bridgehead atoms. The van der Waals surface area contributed by atoms with E-state index in [4.69, 9.17) is 11.6 Å². The average Bonchev–Trinajstić information content (AvgIpc) is 3.25. The minimum Gasteiger partial charge on any atom is -0.272 e. The second-order valence-corrected chi connectivity index (χ2v) is 7.28. The number of hydrazone groups is 1. The molecule has 4 aromatic rings. The second-order valence-electron chi connectivity index (χ2n) is 6.84. The number of aryl methyl sites for hydroxylation is 3. The third kappa shape index (κ3) is 3.67. The highest BCUT2D eigenvalue weighted by Gasteiger charge is 2.16. The molecule has 1 amide bonds. The third-order valence-electron chi connectivity index (χ3n) is 4.76. The summed E-state index contributed by atoms with van der Waals surface area (Å²) in [6.45, 7) is 5.68. The van der Waals surface area contributed by atoms with Crippen molar-refractivity contribution in [1.29, 1.82) is 0 Å². The number of nitrogens with one attached hydrogen (secondary N) is 1. The summed E-state index contributed by atoms with van der Waals surface area (Å²) in [6, 6.07) is 9.22. The van der Waals surface area contributed by atoms with Gasteiger partial charge in [0.05, 0.1) is 17.6 Å². The molecule has 30 heavy (non-hydrogen) atoms. The number of aromatic nitrogens is 6. The van der Waals surface area contributed by atoms with Crippen LogP contribution in [0.2, 0.25) is 5.02 Å². The Morgan fingerprint density at radius 2 is 1.87 bits per heavy atom. The summed E-state index contributed by atoms with van der Waals surface area (Å²) >= 11 is 5.96. The average molecular weight is 423 g/mol. The molecule has 3 heterocycles. The number of nitrogens with zero attached hydrogens (tertiary/aromatic N) is 7. The molecule has 3 aromatic heterocycles. The minimum absolute atomic E-state index is 0.0179. The fourth-order valence-corrected chi connectivity index (χ4v) is 3.18. The summed E-state index contributed by atoms with van der Waals surface area (Å²) < 4.78 is 3.28. The van der Waals surface area contributed by atoms with Gasteiger partial charge in [0.1, 0.15) is 0 Å². The molecule has 0 radical (unpaired) electrons. The first-order valence-corrected chi connectivity index (χ1v) is 9.55. The Morgan fingerprint density at radius 1 is 1.13 bits per heavy atom. The summed E-state index contributed by atoms with van der Waals surface area (Å²) in [7, 11) is 1.85. The van der Waals surface area contributed by atoms with Crippen LogP contribution in [0.15, 0.2) is 35.4 Å². The molecule has 1 N–H and O–H groups in total. The zero-order valence-electron chi connectivity index (χ0n) is 16.9. The highest BCUT2D eigenvalue weighted by Crippen LogP contribution is 2.21. The lowest BCUT2D eigenvalue weighted by atomic mass is 10.1. The Balaban J connectivity index is 1.58. The maximum absolute atomic E-state index is 12.5. The lowest BCUT2D eigenvalue weighted by Gasteiger charge is -2.03. The van der Waals surface area contributed by atoms with Crippen molar-refractivity contribution in [3.05, 3.63) is 63.8 Å². The fourth-order valence-electron chi connectivity index (χ4n) is 3.06.